The maximum Gasteiger partial charge on any atom is 0.257 e. The molecule has 0 unspecified atom stereocenters. The minimum atomic E-state index is -0.538. The van der Waals surface area contributed by atoms with Crippen LogP contribution < -0.4 is 11.1 Å². The molecular formula is C13H9BrF2N2O. The molecule has 0 spiro atoms. The first kappa shape index (κ1) is 13.5. The van der Waals surface area contributed by atoms with Gasteiger partial charge in [-0.2, -0.15) is 0 Å². The Bertz CT molecular complexity index is 647. The van der Waals surface area contributed by atoms with Crippen molar-refractivity contribution in [3.05, 3.63) is 58.1 Å². The standard InChI is InChI=1S/C13H9BrF2N2O/c14-10-4-2-8(16)6-12(10)18-13(19)9-3-1-7(15)5-11(9)17/h1-6H,17H2,(H,18,19). The van der Waals surface area contributed by atoms with Gasteiger partial charge in [0.25, 0.3) is 5.91 Å². The van der Waals surface area contributed by atoms with E-state index in [0.717, 1.165) is 12.1 Å². The van der Waals surface area contributed by atoms with Gasteiger partial charge in [0.1, 0.15) is 11.6 Å². The number of hydrogen-bond acceptors (Lipinski definition) is 2. The molecule has 3 nitrogen and oxygen atoms in total. The number of nitrogen functional groups attached to an aromatic ring is 1. The van der Waals surface area contributed by atoms with E-state index < -0.39 is 17.5 Å². The number of carbonyl (C=O) groups is 1. The molecule has 0 aliphatic carbocycles. The lowest BCUT2D eigenvalue weighted by Crippen LogP contribution is -2.14. The van der Waals surface area contributed by atoms with E-state index in [9.17, 15) is 13.6 Å². The number of rotatable bonds is 2. The van der Waals surface area contributed by atoms with Crippen LogP contribution in [0, 0.1) is 11.6 Å². The first-order chi connectivity index (χ1) is 8.97. The smallest absolute Gasteiger partial charge is 0.257 e. The monoisotopic (exact) mass is 326 g/mol. The predicted molar refractivity (Wildman–Crippen MR) is 72.9 cm³/mol. The summed E-state index contributed by atoms with van der Waals surface area (Å²) in [6, 6.07) is 7.35. The summed E-state index contributed by atoms with van der Waals surface area (Å²) in [7, 11) is 0. The van der Waals surface area contributed by atoms with Gasteiger partial charge in [-0.15, -0.1) is 0 Å². The molecule has 1 amide bonds. The molecular weight excluding hydrogens is 318 g/mol. The van der Waals surface area contributed by atoms with Crippen molar-refractivity contribution in [3.63, 3.8) is 0 Å². The first-order valence-electron chi connectivity index (χ1n) is 5.29. The average molecular weight is 327 g/mol. The molecule has 0 heterocycles. The van der Waals surface area contributed by atoms with Crippen LogP contribution in [0.15, 0.2) is 40.9 Å². The Hall–Kier alpha value is -1.95. The van der Waals surface area contributed by atoms with E-state index in [-0.39, 0.29) is 16.9 Å². The molecule has 2 rings (SSSR count). The molecule has 0 radical (unpaired) electrons. The molecule has 19 heavy (non-hydrogen) atoms. The van der Waals surface area contributed by atoms with Crippen molar-refractivity contribution in [3.8, 4) is 0 Å². The summed E-state index contributed by atoms with van der Waals surface area (Å²) >= 11 is 3.19. The van der Waals surface area contributed by atoms with Crippen molar-refractivity contribution < 1.29 is 13.6 Å². The van der Waals surface area contributed by atoms with E-state index in [0.29, 0.717) is 4.47 Å². The number of nitrogens with one attached hydrogen (secondary N) is 1. The van der Waals surface area contributed by atoms with Crippen molar-refractivity contribution in [2.24, 2.45) is 0 Å². The van der Waals surface area contributed by atoms with Crippen molar-refractivity contribution in [1.29, 1.82) is 0 Å². The van der Waals surface area contributed by atoms with E-state index in [1.807, 2.05) is 0 Å². The van der Waals surface area contributed by atoms with E-state index in [1.54, 1.807) is 0 Å². The van der Waals surface area contributed by atoms with Gasteiger partial charge in [0.05, 0.1) is 11.3 Å². The third-order valence-electron chi connectivity index (χ3n) is 2.43. The summed E-state index contributed by atoms with van der Waals surface area (Å²) in [6.07, 6.45) is 0. The fraction of sp³-hybridized carbons (Fsp3) is 0. The lowest BCUT2D eigenvalue weighted by atomic mass is 10.1. The minimum absolute atomic E-state index is 0.0185. The summed E-state index contributed by atoms with van der Waals surface area (Å²) in [5.41, 5.74) is 5.97. The number of nitrogens with two attached hydrogens (primary N) is 1. The minimum Gasteiger partial charge on any atom is -0.398 e. The van der Waals surface area contributed by atoms with Gasteiger partial charge in [0.2, 0.25) is 0 Å². The van der Waals surface area contributed by atoms with Crippen LogP contribution in [0.5, 0.6) is 0 Å². The zero-order chi connectivity index (χ0) is 14.0. The quantitative estimate of drug-likeness (QED) is 0.829. The lowest BCUT2D eigenvalue weighted by Gasteiger charge is -2.09. The molecule has 0 aromatic heterocycles. The molecule has 98 valence electrons. The zero-order valence-electron chi connectivity index (χ0n) is 9.58. The summed E-state index contributed by atoms with van der Waals surface area (Å²) in [4.78, 5) is 12.0. The van der Waals surface area contributed by atoms with Crippen molar-refractivity contribution in [2.75, 3.05) is 11.1 Å². The third-order valence-corrected chi connectivity index (χ3v) is 3.13. The molecule has 0 fully saturated rings. The molecule has 0 aliphatic heterocycles. The zero-order valence-corrected chi connectivity index (χ0v) is 11.2. The molecule has 0 saturated carbocycles. The summed E-state index contributed by atoms with van der Waals surface area (Å²) < 4.78 is 26.5. The second-order valence-corrected chi connectivity index (χ2v) is 4.66. The van der Waals surface area contributed by atoms with Crippen LogP contribution in [0.1, 0.15) is 10.4 Å². The number of amides is 1. The third kappa shape index (κ3) is 3.08. The van der Waals surface area contributed by atoms with Gasteiger partial charge in [-0.05, 0) is 52.3 Å². The molecule has 0 aliphatic rings. The number of anilines is 2. The maximum atomic E-state index is 13.1. The van der Waals surface area contributed by atoms with Crippen LogP contribution in [-0.4, -0.2) is 5.91 Å². The van der Waals surface area contributed by atoms with Crippen LogP contribution in [-0.2, 0) is 0 Å². The van der Waals surface area contributed by atoms with Crippen LogP contribution >= 0.6 is 15.9 Å². The molecule has 0 atom stereocenters. The molecule has 6 heteroatoms. The average Bonchev–Trinajstić information content (AvgIpc) is 2.33. The van der Waals surface area contributed by atoms with Gasteiger partial charge in [0.15, 0.2) is 0 Å². The highest BCUT2D eigenvalue weighted by molar-refractivity contribution is 9.10. The largest absolute Gasteiger partial charge is 0.398 e. The molecule has 2 aromatic carbocycles. The van der Waals surface area contributed by atoms with Gasteiger partial charge >= 0.3 is 0 Å². The Kier molecular flexibility index (Phi) is 3.80. The van der Waals surface area contributed by atoms with Crippen LogP contribution in [0.2, 0.25) is 0 Å². The number of hydrogen-bond donors (Lipinski definition) is 2. The number of benzene rings is 2. The van der Waals surface area contributed by atoms with Gasteiger partial charge in [0, 0.05) is 10.2 Å². The van der Waals surface area contributed by atoms with Gasteiger partial charge in [-0.25, -0.2) is 8.78 Å². The van der Waals surface area contributed by atoms with Crippen molar-refractivity contribution in [1.82, 2.24) is 0 Å². The normalized spacial score (nSPS) is 10.3. The number of halogens is 3. The molecule has 0 saturated heterocycles. The number of carbonyl (C=O) groups excluding carboxylic acids is 1. The summed E-state index contributed by atoms with van der Waals surface area (Å²) in [6.45, 7) is 0. The molecule has 0 bridgehead atoms. The van der Waals surface area contributed by atoms with E-state index >= 15 is 0 Å². The van der Waals surface area contributed by atoms with E-state index in [1.165, 1.54) is 24.3 Å². The van der Waals surface area contributed by atoms with E-state index in [2.05, 4.69) is 21.2 Å². The Morgan fingerprint density at radius 1 is 1.11 bits per heavy atom. The van der Waals surface area contributed by atoms with Gasteiger partial charge in [-0.1, -0.05) is 0 Å². The van der Waals surface area contributed by atoms with Gasteiger partial charge < -0.3 is 11.1 Å². The Morgan fingerprint density at radius 3 is 2.42 bits per heavy atom. The predicted octanol–water partition coefficient (Wildman–Crippen LogP) is 3.56. The van der Waals surface area contributed by atoms with E-state index in [4.69, 9.17) is 5.73 Å². The second kappa shape index (κ2) is 5.36. The van der Waals surface area contributed by atoms with Crippen LogP contribution in [0.4, 0.5) is 20.2 Å². The summed E-state index contributed by atoms with van der Waals surface area (Å²) in [5.74, 6) is -1.55. The van der Waals surface area contributed by atoms with Crippen LogP contribution in [0.25, 0.3) is 0 Å². The van der Waals surface area contributed by atoms with Crippen molar-refractivity contribution in [2.45, 2.75) is 0 Å². The fourth-order valence-electron chi connectivity index (χ4n) is 1.52. The Labute approximate surface area is 116 Å². The van der Waals surface area contributed by atoms with Crippen molar-refractivity contribution >= 4 is 33.2 Å². The topological polar surface area (TPSA) is 55.1 Å². The molecule has 3 N–H and O–H groups in total. The molecule has 2 aromatic rings. The van der Waals surface area contributed by atoms with Crippen LogP contribution in [0.3, 0.4) is 0 Å². The Morgan fingerprint density at radius 2 is 1.74 bits per heavy atom. The van der Waals surface area contributed by atoms with Gasteiger partial charge in [-0.3, -0.25) is 4.79 Å². The highest BCUT2D eigenvalue weighted by atomic mass is 79.9. The lowest BCUT2D eigenvalue weighted by molar-refractivity contribution is 0.102. The Balaban J connectivity index is 2.28. The second-order valence-electron chi connectivity index (χ2n) is 3.81. The highest BCUT2D eigenvalue weighted by Crippen LogP contribution is 2.24. The maximum absolute atomic E-state index is 13.1. The first-order valence-corrected chi connectivity index (χ1v) is 6.08. The SMILES string of the molecule is Nc1cc(F)ccc1C(=O)Nc1cc(F)ccc1Br. The summed E-state index contributed by atoms with van der Waals surface area (Å²) in [5, 5.41) is 2.50. The fourth-order valence-corrected chi connectivity index (χ4v) is 1.87. The highest BCUT2D eigenvalue weighted by Gasteiger charge is 2.12.